The quantitative estimate of drug-likeness (QED) is 0.806. The van der Waals surface area contributed by atoms with Gasteiger partial charge in [0.1, 0.15) is 23.3 Å². The summed E-state index contributed by atoms with van der Waals surface area (Å²) < 4.78 is 14.4. The molecule has 0 bridgehead atoms. The predicted molar refractivity (Wildman–Crippen MR) is 83.1 cm³/mol. The van der Waals surface area contributed by atoms with Crippen LogP contribution in [0.4, 0.5) is 4.39 Å². The summed E-state index contributed by atoms with van der Waals surface area (Å²) in [5.41, 5.74) is 2.13. The van der Waals surface area contributed by atoms with E-state index < -0.39 is 0 Å². The first kappa shape index (κ1) is 14.5. The summed E-state index contributed by atoms with van der Waals surface area (Å²) in [5.74, 6) is -0.173. The maximum absolute atomic E-state index is 12.9. The van der Waals surface area contributed by atoms with Crippen molar-refractivity contribution in [1.82, 2.24) is 15.0 Å². The van der Waals surface area contributed by atoms with E-state index in [1.54, 1.807) is 36.4 Å². The molecule has 3 rings (SSSR count). The van der Waals surface area contributed by atoms with Gasteiger partial charge in [0.05, 0.1) is 5.69 Å². The first-order chi connectivity index (χ1) is 11.2. The van der Waals surface area contributed by atoms with Crippen molar-refractivity contribution >= 4 is 12.2 Å². The standard InChI is InChI=1S/C17H11FN4O/c18-13-4-1-12(2-5-13)3-10-17-16(11-19)20-21-22(17)14-6-8-15(23)9-7-14/h1-10,23H/b10-3+. The molecule has 0 spiro atoms. The lowest BCUT2D eigenvalue weighted by Crippen LogP contribution is -1.99. The highest BCUT2D eigenvalue weighted by Gasteiger charge is 2.11. The number of phenolic OH excluding ortho intramolecular Hbond substituents is 1. The normalized spacial score (nSPS) is 10.8. The van der Waals surface area contributed by atoms with Gasteiger partial charge in [-0.25, -0.2) is 9.07 Å². The fourth-order valence-electron chi connectivity index (χ4n) is 2.05. The van der Waals surface area contributed by atoms with Gasteiger partial charge in [0.2, 0.25) is 0 Å². The third-order valence-corrected chi connectivity index (χ3v) is 3.21. The molecule has 0 saturated heterocycles. The molecule has 2 aromatic carbocycles. The van der Waals surface area contributed by atoms with Gasteiger partial charge in [-0.15, -0.1) is 5.10 Å². The number of phenols is 1. The Kier molecular flexibility index (Phi) is 3.85. The lowest BCUT2D eigenvalue weighted by molar-refractivity contribution is 0.475. The Bertz CT molecular complexity index is 890. The third kappa shape index (κ3) is 3.09. The van der Waals surface area contributed by atoms with Gasteiger partial charge < -0.3 is 5.11 Å². The molecule has 0 saturated carbocycles. The first-order valence-electron chi connectivity index (χ1n) is 6.76. The number of rotatable bonds is 3. The summed E-state index contributed by atoms with van der Waals surface area (Å²) in [4.78, 5) is 0. The van der Waals surface area contributed by atoms with Gasteiger partial charge in [-0.05, 0) is 48.0 Å². The Morgan fingerprint density at radius 3 is 2.39 bits per heavy atom. The maximum atomic E-state index is 12.9. The zero-order valence-corrected chi connectivity index (χ0v) is 11.9. The number of aromatic hydroxyl groups is 1. The molecular weight excluding hydrogens is 295 g/mol. The van der Waals surface area contributed by atoms with Gasteiger partial charge in [0, 0.05) is 0 Å². The first-order valence-corrected chi connectivity index (χ1v) is 6.76. The molecule has 0 aliphatic heterocycles. The lowest BCUT2D eigenvalue weighted by Gasteiger charge is -2.03. The molecule has 0 unspecified atom stereocenters. The molecule has 1 aromatic heterocycles. The Labute approximate surface area is 131 Å². The van der Waals surface area contributed by atoms with Crippen LogP contribution in [0.2, 0.25) is 0 Å². The highest BCUT2D eigenvalue weighted by molar-refractivity contribution is 5.70. The average molecular weight is 306 g/mol. The molecule has 0 aliphatic rings. The second-order valence-corrected chi connectivity index (χ2v) is 4.75. The molecule has 23 heavy (non-hydrogen) atoms. The van der Waals surface area contributed by atoms with E-state index in [1.807, 2.05) is 6.07 Å². The molecule has 0 amide bonds. The van der Waals surface area contributed by atoms with E-state index in [2.05, 4.69) is 10.3 Å². The molecule has 3 aromatic rings. The monoisotopic (exact) mass is 306 g/mol. The highest BCUT2D eigenvalue weighted by atomic mass is 19.1. The van der Waals surface area contributed by atoms with Gasteiger partial charge in [0.25, 0.3) is 0 Å². The summed E-state index contributed by atoms with van der Waals surface area (Å²) >= 11 is 0. The second kappa shape index (κ2) is 6.12. The van der Waals surface area contributed by atoms with Crippen LogP contribution in [-0.4, -0.2) is 20.1 Å². The van der Waals surface area contributed by atoms with Crippen LogP contribution in [0.3, 0.4) is 0 Å². The van der Waals surface area contributed by atoms with Crippen LogP contribution in [0.1, 0.15) is 17.0 Å². The van der Waals surface area contributed by atoms with E-state index in [4.69, 9.17) is 5.26 Å². The fraction of sp³-hybridized carbons (Fsp3) is 0. The Morgan fingerprint density at radius 2 is 1.74 bits per heavy atom. The molecule has 0 radical (unpaired) electrons. The lowest BCUT2D eigenvalue weighted by atomic mass is 10.2. The molecule has 6 heteroatoms. The topological polar surface area (TPSA) is 74.7 Å². The minimum absolute atomic E-state index is 0.137. The summed E-state index contributed by atoms with van der Waals surface area (Å²) in [6.07, 6.45) is 3.44. The van der Waals surface area contributed by atoms with Gasteiger partial charge in [0.15, 0.2) is 5.69 Å². The van der Waals surface area contributed by atoms with Gasteiger partial charge in [-0.1, -0.05) is 23.4 Å². The van der Waals surface area contributed by atoms with Crippen LogP contribution in [0, 0.1) is 17.1 Å². The van der Waals surface area contributed by atoms with Gasteiger partial charge in [-0.3, -0.25) is 0 Å². The third-order valence-electron chi connectivity index (χ3n) is 3.21. The minimum atomic E-state index is -0.310. The summed E-state index contributed by atoms with van der Waals surface area (Å²) in [7, 11) is 0. The van der Waals surface area contributed by atoms with Crippen molar-refractivity contribution in [2.45, 2.75) is 0 Å². The number of nitrogens with zero attached hydrogens (tertiary/aromatic N) is 4. The number of aromatic nitrogens is 3. The number of benzene rings is 2. The molecule has 1 heterocycles. The van der Waals surface area contributed by atoms with Crippen LogP contribution in [0.15, 0.2) is 48.5 Å². The van der Waals surface area contributed by atoms with Crippen molar-refractivity contribution in [3.05, 3.63) is 71.3 Å². The molecular formula is C17H11FN4O. The van der Waals surface area contributed by atoms with Crippen LogP contribution in [0.5, 0.6) is 5.75 Å². The van der Waals surface area contributed by atoms with E-state index in [-0.39, 0.29) is 17.3 Å². The smallest absolute Gasteiger partial charge is 0.190 e. The molecule has 0 aliphatic carbocycles. The number of nitriles is 1. The zero-order chi connectivity index (χ0) is 16.2. The van der Waals surface area contributed by atoms with Crippen molar-refractivity contribution in [2.24, 2.45) is 0 Å². The minimum Gasteiger partial charge on any atom is -0.508 e. The second-order valence-electron chi connectivity index (χ2n) is 4.75. The zero-order valence-electron chi connectivity index (χ0n) is 11.9. The van der Waals surface area contributed by atoms with Crippen molar-refractivity contribution in [3.63, 3.8) is 0 Å². The van der Waals surface area contributed by atoms with E-state index in [1.165, 1.54) is 28.9 Å². The van der Waals surface area contributed by atoms with Crippen LogP contribution < -0.4 is 0 Å². The average Bonchev–Trinajstić information content (AvgIpc) is 2.98. The van der Waals surface area contributed by atoms with E-state index in [9.17, 15) is 9.50 Å². The summed E-state index contributed by atoms with van der Waals surface area (Å²) in [5, 5.41) is 26.3. The maximum Gasteiger partial charge on any atom is 0.190 e. The van der Waals surface area contributed by atoms with E-state index in [0.717, 1.165) is 5.56 Å². The highest BCUT2D eigenvalue weighted by Crippen LogP contribution is 2.18. The molecule has 0 atom stereocenters. The van der Waals surface area contributed by atoms with Gasteiger partial charge >= 0.3 is 0 Å². The SMILES string of the molecule is N#Cc1nnn(-c2ccc(O)cc2)c1/C=C/c1ccc(F)cc1. The summed E-state index contributed by atoms with van der Waals surface area (Å²) in [6, 6.07) is 14.4. The van der Waals surface area contributed by atoms with Crippen molar-refractivity contribution in [3.8, 4) is 17.5 Å². The molecule has 5 nitrogen and oxygen atoms in total. The Morgan fingerprint density at radius 1 is 1.04 bits per heavy atom. The van der Waals surface area contributed by atoms with E-state index >= 15 is 0 Å². The predicted octanol–water partition coefficient (Wildman–Crippen LogP) is 3.15. The number of hydrogen-bond acceptors (Lipinski definition) is 4. The molecule has 1 N–H and O–H groups in total. The molecule has 112 valence electrons. The van der Waals surface area contributed by atoms with Crippen LogP contribution in [-0.2, 0) is 0 Å². The fourth-order valence-corrected chi connectivity index (χ4v) is 2.05. The largest absolute Gasteiger partial charge is 0.508 e. The van der Waals surface area contributed by atoms with Crippen molar-refractivity contribution in [2.75, 3.05) is 0 Å². The number of hydrogen-bond donors (Lipinski definition) is 1. The van der Waals surface area contributed by atoms with Crippen molar-refractivity contribution in [1.29, 1.82) is 5.26 Å². The molecule has 0 fully saturated rings. The van der Waals surface area contributed by atoms with E-state index in [0.29, 0.717) is 11.4 Å². The number of halogens is 1. The van der Waals surface area contributed by atoms with Gasteiger partial charge in [-0.2, -0.15) is 5.26 Å². The van der Waals surface area contributed by atoms with Crippen molar-refractivity contribution < 1.29 is 9.50 Å². The Hall–Kier alpha value is -3.46. The van der Waals surface area contributed by atoms with Crippen LogP contribution in [0.25, 0.3) is 17.8 Å². The van der Waals surface area contributed by atoms with Crippen LogP contribution >= 0.6 is 0 Å². The Balaban J connectivity index is 2.01. The summed E-state index contributed by atoms with van der Waals surface area (Å²) in [6.45, 7) is 0.